The van der Waals surface area contributed by atoms with Gasteiger partial charge in [0.05, 0.1) is 5.56 Å². The first-order valence-corrected chi connectivity index (χ1v) is 6.99. The molecule has 0 aromatic heterocycles. The quantitative estimate of drug-likeness (QED) is 0.761. The van der Waals surface area contributed by atoms with Crippen molar-refractivity contribution < 1.29 is 13.6 Å². The molecule has 0 saturated carbocycles. The lowest BCUT2D eigenvalue weighted by Gasteiger charge is -2.28. The topological polar surface area (TPSA) is 20.3 Å². The molecule has 1 aliphatic rings. The van der Waals surface area contributed by atoms with Crippen LogP contribution in [0.1, 0.15) is 36.0 Å². The Labute approximate surface area is 116 Å². The Balaban J connectivity index is 2.28. The van der Waals surface area contributed by atoms with Crippen LogP contribution >= 0.6 is 11.6 Å². The van der Waals surface area contributed by atoms with Gasteiger partial charge in [0, 0.05) is 18.5 Å². The van der Waals surface area contributed by atoms with Crippen molar-refractivity contribution in [2.75, 3.05) is 12.4 Å². The van der Waals surface area contributed by atoms with Crippen molar-refractivity contribution in [3.05, 3.63) is 35.4 Å². The molecular formula is C14H16ClF2NO. The van der Waals surface area contributed by atoms with Gasteiger partial charge in [0.25, 0.3) is 5.91 Å². The Bertz CT molecular complexity index is 467. The second-order valence-corrected chi connectivity index (χ2v) is 5.07. The van der Waals surface area contributed by atoms with Crippen LogP contribution in [0.3, 0.4) is 0 Å². The number of benzene rings is 1. The van der Waals surface area contributed by atoms with Gasteiger partial charge in [-0.25, -0.2) is 8.78 Å². The van der Waals surface area contributed by atoms with Crippen molar-refractivity contribution in [2.45, 2.75) is 31.7 Å². The maximum Gasteiger partial charge on any atom is 0.257 e. The summed E-state index contributed by atoms with van der Waals surface area (Å²) in [5.41, 5.74) is -0.211. The van der Waals surface area contributed by atoms with Crippen molar-refractivity contribution in [1.82, 2.24) is 4.90 Å². The minimum atomic E-state index is -1.08. The largest absolute Gasteiger partial charge is 0.334 e. The Hall–Kier alpha value is -1.16. The van der Waals surface area contributed by atoms with Crippen LogP contribution in [0.4, 0.5) is 8.78 Å². The van der Waals surface area contributed by atoms with E-state index in [4.69, 9.17) is 11.6 Å². The van der Waals surface area contributed by atoms with Crippen molar-refractivity contribution in [1.29, 1.82) is 0 Å². The van der Waals surface area contributed by atoms with E-state index in [-0.39, 0.29) is 11.6 Å². The van der Waals surface area contributed by atoms with Gasteiger partial charge in [-0.15, -0.1) is 11.6 Å². The summed E-state index contributed by atoms with van der Waals surface area (Å²) < 4.78 is 26.9. The summed E-state index contributed by atoms with van der Waals surface area (Å²) in [7, 11) is 0. The van der Waals surface area contributed by atoms with Crippen molar-refractivity contribution >= 4 is 17.5 Å². The van der Waals surface area contributed by atoms with E-state index in [1.807, 2.05) is 0 Å². The zero-order valence-electron chi connectivity index (χ0n) is 10.5. The van der Waals surface area contributed by atoms with E-state index in [2.05, 4.69) is 0 Å². The summed E-state index contributed by atoms with van der Waals surface area (Å²) >= 11 is 5.89. The third kappa shape index (κ3) is 3.06. The van der Waals surface area contributed by atoms with Gasteiger partial charge < -0.3 is 4.90 Å². The average molecular weight is 288 g/mol. The molecule has 0 bridgehead atoms. The lowest BCUT2D eigenvalue weighted by molar-refractivity contribution is 0.0694. The van der Waals surface area contributed by atoms with Crippen LogP contribution in [0.5, 0.6) is 0 Å². The molecule has 1 amide bonds. The molecular weight excluding hydrogens is 272 g/mol. The van der Waals surface area contributed by atoms with Crippen LogP contribution in [-0.4, -0.2) is 29.3 Å². The molecule has 1 unspecified atom stereocenters. The number of nitrogens with zero attached hydrogens (tertiary/aromatic N) is 1. The van der Waals surface area contributed by atoms with Crippen LogP contribution in [0.25, 0.3) is 0 Å². The van der Waals surface area contributed by atoms with E-state index in [0.29, 0.717) is 12.4 Å². The van der Waals surface area contributed by atoms with Gasteiger partial charge in [-0.1, -0.05) is 18.9 Å². The first-order chi connectivity index (χ1) is 9.15. The van der Waals surface area contributed by atoms with E-state index in [9.17, 15) is 13.6 Å². The number of carbonyl (C=O) groups excluding carboxylic acids is 1. The second-order valence-electron chi connectivity index (χ2n) is 4.76. The van der Waals surface area contributed by atoms with Crippen LogP contribution in [0, 0.1) is 11.6 Å². The molecule has 0 aliphatic carbocycles. The Kier molecular flexibility index (Phi) is 4.75. The molecule has 0 radical (unpaired) electrons. The highest BCUT2D eigenvalue weighted by atomic mass is 35.5. The molecule has 1 heterocycles. The average Bonchev–Trinajstić information content (AvgIpc) is 2.66. The molecule has 1 aromatic carbocycles. The number of halogens is 3. The molecule has 1 aromatic rings. The molecule has 104 valence electrons. The zero-order valence-corrected chi connectivity index (χ0v) is 11.3. The number of likely N-dealkylation sites (tertiary alicyclic amines) is 1. The van der Waals surface area contributed by atoms with E-state index in [0.717, 1.165) is 31.7 Å². The molecule has 5 heteroatoms. The van der Waals surface area contributed by atoms with Crippen molar-refractivity contribution in [2.24, 2.45) is 0 Å². The summed E-state index contributed by atoms with van der Waals surface area (Å²) in [4.78, 5) is 13.9. The third-order valence-electron chi connectivity index (χ3n) is 3.50. The summed E-state index contributed by atoms with van der Waals surface area (Å²) in [6.45, 7) is 0.548. The van der Waals surface area contributed by atoms with Gasteiger partial charge in [0.2, 0.25) is 0 Å². The second kappa shape index (κ2) is 6.33. The minimum Gasteiger partial charge on any atom is -0.334 e. The van der Waals surface area contributed by atoms with Gasteiger partial charge in [0.15, 0.2) is 11.6 Å². The summed E-state index contributed by atoms with van der Waals surface area (Å²) in [6, 6.07) is 3.57. The fourth-order valence-electron chi connectivity index (χ4n) is 2.43. The highest BCUT2D eigenvalue weighted by Crippen LogP contribution is 2.22. The molecule has 2 nitrogen and oxygen atoms in total. The fraction of sp³-hybridized carbons (Fsp3) is 0.500. The number of hydrogen-bond donors (Lipinski definition) is 0. The Morgan fingerprint density at radius 3 is 2.84 bits per heavy atom. The maximum atomic E-state index is 13.7. The Morgan fingerprint density at radius 1 is 1.32 bits per heavy atom. The highest BCUT2D eigenvalue weighted by Gasteiger charge is 2.27. The predicted octanol–water partition coefficient (Wildman–Crippen LogP) is 3.59. The summed E-state index contributed by atoms with van der Waals surface area (Å²) in [6.07, 6.45) is 3.72. The first-order valence-electron chi connectivity index (χ1n) is 6.46. The molecule has 1 saturated heterocycles. The lowest BCUT2D eigenvalue weighted by Crippen LogP contribution is -2.41. The van der Waals surface area contributed by atoms with Gasteiger partial charge in [-0.3, -0.25) is 4.79 Å². The molecule has 1 aliphatic heterocycles. The fourth-order valence-corrected chi connectivity index (χ4v) is 2.75. The number of rotatable bonds is 2. The molecule has 0 spiro atoms. The molecule has 1 fully saturated rings. The maximum absolute atomic E-state index is 13.7. The smallest absolute Gasteiger partial charge is 0.257 e. The van der Waals surface area contributed by atoms with Crippen LogP contribution < -0.4 is 0 Å². The monoisotopic (exact) mass is 287 g/mol. The molecule has 0 N–H and O–H groups in total. The predicted molar refractivity (Wildman–Crippen MR) is 70.4 cm³/mol. The number of amides is 1. The van der Waals surface area contributed by atoms with E-state index in [1.54, 1.807) is 4.90 Å². The SMILES string of the molecule is O=C(c1cccc(F)c1F)N1CCCCCC1CCl. The van der Waals surface area contributed by atoms with Crippen LogP contribution in [0.2, 0.25) is 0 Å². The summed E-state index contributed by atoms with van der Waals surface area (Å²) in [5.74, 6) is -2.22. The molecule has 19 heavy (non-hydrogen) atoms. The number of carbonyl (C=O) groups is 1. The zero-order chi connectivity index (χ0) is 13.8. The van der Waals surface area contributed by atoms with Crippen LogP contribution in [-0.2, 0) is 0 Å². The van der Waals surface area contributed by atoms with Gasteiger partial charge in [-0.2, -0.15) is 0 Å². The van der Waals surface area contributed by atoms with E-state index in [1.165, 1.54) is 12.1 Å². The van der Waals surface area contributed by atoms with Gasteiger partial charge in [0.1, 0.15) is 0 Å². The molecule has 1 atom stereocenters. The molecule has 2 rings (SSSR count). The number of alkyl halides is 1. The van der Waals surface area contributed by atoms with E-state index < -0.39 is 17.5 Å². The first kappa shape index (κ1) is 14.3. The number of hydrogen-bond acceptors (Lipinski definition) is 1. The third-order valence-corrected chi connectivity index (χ3v) is 3.85. The summed E-state index contributed by atoms with van der Waals surface area (Å²) in [5, 5.41) is 0. The normalized spacial score (nSPS) is 20.2. The Morgan fingerprint density at radius 2 is 2.11 bits per heavy atom. The minimum absolute atomic E-state index is 0.0978. The van der Waals surface area contributed by atoms with Gasteiger partial charge in [-0.05, 0) is 25.0 Å². The van der Waals surface area contributed by atoms with Gasteiger partial charge >= 0.3 is 0 Å². The van der Waals surface area contributed by atoms with E-state index >= 15 is 0 Å². The van der Waals surface area contributed by atoms with Crippen LogP contribution in [0.15, 0.2) is 18.2 Å². The van der Waals surface area contributed by atoms with Crippen molar-refractivity contribution in [3.63, 3.8) is 0 Å². The van der Waals surface area contributed by atoms with Crippen molar-refractivity contribution in [3.8, 4) is 0 Å². The lowest BCUT2D eigenvalue weighted by atomic mass is 10.1. The standard InChI is InChI=1S/C14H16ClF2NO/c15-9-10-5-2-1-3-8-18(10)14(19)11-6-4-7-12(16)13(11)17/h4,6-7,10H,1-3,5,8-9H2. The highest BCUT2D eigenvalue weighted by molar-refractivity contribution is 6.18.